The van der Waals surface area contributed by atoms with E-state index in [1.165, 1.54) is 38.1 Å². The number of nitrogens with zero attached hydrogens (tertiary/aromatic N) is 4. The summed E-state index contributed by atoms with van der Waals surface area (Å²) in [5.74, 6) is 0.0254. The Morgan fingerprint density at radius 2 is 1.54 bits per heavy atom. The summed E-state index contributed by atoms with van der Waals surface area (Å²) in [6, 6.07) is 14.7. The zero-order valence-corrected chi connectivity index (χ0v) is 40.1. The van der Waals surface area contributed by atoms with Gasteiger partial charge in [-0.2, -0.15) is 5.26 Å². The van der Waals surface area contributed by atoms with Crippen LogP contribution in [0, 0.1) is 37.0 Å². The fraction of sp³-hybridized carbons (Fsp3) is 0.451. The van der Waals surface area contributed by atoms with Crippen LogP contribution in [0.3, 0.4) is 0 Å². The summed E-state index contributed by atoms with van der Waals surface area (Å²) < 4.78 is 18.6. The molecule has 1 aromatic heterocycles. The van der Waals surface area contributed by atoms with Crippen molar-refractivity contribution >= 4 is 29.5 Å². The van der Waals surface area contributed by atoms with Gasteiger partial charge in [0, 0.05) is 43.2 Å². The van der Waals surface area contributed by atoms with E-state index in [2.05, 4.69) is 21.3 Å². The molecular formula is C51H63N11O8. The van der Waals surface area contributed by atoms with Crippen LogP contribution in [-0.4, -0.2) is 115 Å². The molecule has 3 aliphatic rings. The third-order valence-corrected chi connectivity index (χ3v) is 13.2. The number of rotatable bonds is 17. The highest BCUT2D eigenvalue weighted by atomic mass is 16.5. The topological polar surface area (TPSA) is 292 Å². The number of hydrogen-bond donors (Lipinski definition) is 7. The van der Waals surface area contributed by atoms with Gasteiger partial charge in [-0.25, -0.2) is 9.97 Å². The normalized spacial score (nSPS) is 21.0. The van der Waals surface area contributed by atoms with E-state index < -0.39 is 53.7 Å². The summed E-state index contributed by atoms with van der Waals surface area (Å²) >= 11 is 0. The highest BCUT2D eigenvalue weighted by Crippen LogP contribution is 2.46. The number of amides is 5. The number of aromatic nitrogens is 2. The fourth-order valence-corrected chi connectivity index (χ4v) is 9.72. The van der Waals surface area contributed by atoms with Crippen LogP contribution in [0.25, 0.3) is 22.5 Å². The number of fused-ring (bicyclic) bond motifs is 7. The Morgan fingerprint density at radius 3 is 2.16 bits per heavy atom. The lowest BCUT2D eigenvalue weighted by atomic mass is 9.93. The van der Waals surface area contributed by atoms with Gasteiger partial charge in [0.1, 0.15) is 67.3 Å². The molecule has 19 heteroatoms. The molecule has 19 nitrogen and oxygen atoms in total. The minimum absolute atomic E-state index is 0.000450. The lowest BCUT2D eigenvalue weighted by Gasteiger charge is -2.32. The monoisotopic (exact) mass is 957 g/mol. The van der Waals surface area contributed by atoms with E-state index in [9.17, 15) is 29.2 Å². The summed E-state index contributed by atoms with van der Waals surface area (Å²) in [5, 5.41) is 20.0. The van der Waals surface area contributed by atoms with Crippen LogP contribution in [0.15, 0.2) is 60.7 Å². The number of nitrogens with two attached hydrogens (primary N) is 3. The van der Waals surface area contributed by atoms with Crippen molar-refractivity contribution in [3.8, 4) is 45.8 Å². The van der Waals surface area contributed by atoms with E-state index in [0.29, 0.717) is 56.9 Å². The smallest absolute Gasteiger partial charge is 0.255 e. The van der Waals surface area contributed by atoms with E-state index >= 15 is 0 Å². The predicted octanol–water partition coefficient (Wildman–Crippen LogP) is 2.50. The summed E-state index contributed by atoms with van der Waals surface area (Å²) in [7, 11) is 1.42. The third-order valence-electron chi connectivity index (χ3n) is 13.2. The molecule has 5 amide bonds. The first-order valence-corrected chi connectivity index (χ1v) is 23.8. The van der Waals surface area contributed by atoms with Gasteiger partial charge in [-0.15, -0.1) is 0 Å². The first-order chi connectivity index (χ1) is 33.7. The van der Waals surface area contributed by atoms with Crippen molar-refractivity contribution in [1.29, 1.82) is 5.26 Å². The molecule has 0 spiro atoms. The maximum Gasteiger partial charge on any atom is 0.255 e. The van der Waals surface area contributed by atoms with Crippen LogP contribution < -0.4 is 52.7 Å². The van der Waals surface area contributed by atoms with Crippen LogP contribution in [0.4, 0.5) is 0 Å². The summed E-state index contributed by atoms with van der Waals surface area (Å²) in [4.78, 5) is 81.4. The Morgan fingerprint density at radius 1 is 0.871 bits per heavy atom. The highest BCUT2D eigenvalue weighted by Gasteiger charge is 2.41. The quantitative estimate of drug-likeness (QED) is 0.0749. The van der Waals surface area contributed by atoms with Crippen molar-refractivity contribution in [2.24, 2.45) is 29.0 Å². The van der Waals surface area contributed by atoms with Gasteiger partial charge in [-0.1, -0.05) is 12.1 Å². The number of hydrogen-bond acceptors (Lipinski definition) is 14. The van der Waals surface area contributed by atoms with Crippen molar-refractivity contribution in [3.05, 3.63) is 88.7 Å². The standard InChI is InChI=1S/C51H63N11O8/c1-28-44(29(2)58-46(57-28)33-8-11-36(12-9-33)70-43-26-31-5-7-34(43)23-31)49(65)60-39(15-16-52)51(67)62(4)45-35-10-14-42(69-22-19-55)38(27-35)37-24-32(6-13-41(37)68-21-18-54)25-40(48(64)56-20-17-53)61-47(63)30(3)59-50(45)66/h6,8-14,24,27,30-31,34,39-40,43,45H,5,7,15-16,18-23,25-26,52,54-55H2,1-4H3,(H,56,64)(H,59,66)(H,60,65)(H,61,63). The third kappa shape index (κ3) is 11.6. The highest BCUT2D eigenvalue weighted by molar-refractivity contribution is 6.00. The van der Waals surface area contributed by atoms with Crippen LogP contribution in [0.5, 0.6) is 17.2 Å². The van der Waals surface area contributed by atoms with Gasteiger partial charge in [0.25, 0.3) is 5.91 Å². The second-order valence-electron chi connectivity index (χ2n) is 18.1. The van der Waals surface area contributed by atoms with E-state index in [1.807, 2.05) is 30.3 Å². The Bertz CT molecular complexity index is 2600. The van der Waals surface area contributed by atoms with Gasteiger partial charge in [0.05, 0.1) is 23.0 Å². The fourth-order valence-electron chi connectivity index (χ4n) is 9.72. The molecule has 10 N–H and O–H groups in total. The maximum absolute atomic E-state index is 14.8. The number of carbonyl (C=O) groups excluding carboxylic acids is 5. The zero-order chi connectivity index (χ0) is 50.1. The van der Waals surface area contributed by atoms with E-state index in [-0.39, 0.29) is 63.9 Å². The van der Waals surface area contributed by atoms with Crippen molar-refractivity contribution in [1.82, 2.24) is 36.1 Å². The molecule has 70 heavy (non-hydrogen) atoms. The number of nitriles is 1. The maximum atomic E-state index is 14.8. The number of benzene rings is 3. The van der Waals surface area contributed by atoms with Gasteiger partial charge in [0.2, 0.25) is 23.6 Å². The lowest BCUT2D eigenvalue weighted by Crippen LogP contribution is -2.56. The van der Waals surface area contributed by atoms with Crippen LogP contribution >= 0.6 is 0 Å². The molecule has 2 aliphatic carbocycles. The van der Waals surface area contributed by atoms with Crippen molar-refractivity contribution in [3.63, 3.8) is 0 Å². The molecule has 7 rings (SSSR count). The van der Waals surface area contributed by atoms with Gasteiger partial charge in [0.15, 0.2) is 5.82 Å². The number of ether oxygens (including phenoxy) is 3. The minimum Gasteiger partial charge on any atom is -0.492 e. The number of aryl methyl sites for hydroxylation is 2. The first kappa shape index (κ1) is 50.7. The van der Waals surface area contributed by atoms with E-state index in [4.69, 9.17) is 41.4 Å². The average molecular weight is 958 g/mol. The van der Waals surface area contributed by atoms with Crippen molar-refractivity contribution in [2.45, 2.75) is 89.6 Å². The molecule has 2 saturated carbocycles. The summed E-state index contributed by atoms with van der Waals surface area (Å²) in [5.41, 5.74) is 21.3. The minimum atomic E-state index is -1.41. The van der Waals surface area contributed by atoms with Crippen LogP contribution in [-0.2, 0) is 25.6 Å². The largest absolute Gasteiger partial charge is 0.492 e. The number of likely N-dealkylation sites (N-methyl/N-ethyl adjacent to an activating group) is 1. The van der Waals surface area contributed by atoms with E-state index in [0.717, 1.165) is 23.7 Å². The molecule has 2 heterocycles. The second kappa shape index (κ2) is 23.0. The predicted molar refractivity (Wildman–Crippen MR) is 260 cm³/mol. The molecule has 6 bridgehead atoms. The molecule has 7 unspecified atom stereocenters. The Hall–Kier alpha value is -7.14. The molecule has 0 saturated heterocycles. The Balaban J connectivity index is 1.19. The number of nitrogens with one attached hydrogen (secondary N) is 4. The SMILES string of the molecule is Cc1nc(-c2ccc(OC3CC4CCC3C4)cc2)nc(C)c1C(=O)NC(CCN)C(=O)N(C)C1C(=O)NC(C)C(=O)NC(C(=O)NCC#N)Cc2ccc(OCCN)c(c2)-c2cc1ccc2OCCN. The van der Waals surface area contributed by atoms with Crippen molar-refractivity contribution in [2.75, 3.05) is 46.4 Å². The number of carbonyl (C=O) groups is 5. The molecule has 370 valence electrons. The first-order valence-electron chi connectivity index (χ1n) is 23.8. The summed E-state index contributed by atoms with van der Waals surface area (Å²) in [6.07, 6.45) is 5.10. The Kier molecular flexibility index (Phi) is 16.7. The molecule has 0 radical (unpaired) electrons. The molecular weight excluding hydrogens is 895 g/mol. The average Bonchev–Trinajstić information content (AvgIpc) is 3.98. The molecule has 1 aliphatic heterocycles. The molecule has 2 fully saturated rings. The Labute approximate surface area is 407 Å². The summed E-state index contributed by atoms with van der Waals surface area (Å²) in [6.45, 7) is 5.19. The van der Waals surface area contributed by atoms with Gasteiger partial charge in [-0.3, -0.25) is 24.0 Å². The lowest BCUT2D eigenvalue weighted by molar-refractivity contribution is -0.141. The van der Waals surface area contributed by atoms with Crippen LogP contribution in [0.1, 0.15) is 77.9 Å². The van der Waals surface area contributed by atoms with E-state index in [1.54, 1.807) is 50.2 Å². The zero-order valence-electron chi connectivity index (χ0n) is 40.1. The van der Waals surface area contributed by atoms with Gasteiger partial charge in [-0.05, 0) is 131 Å². The van der Waals surface area contributed by atoms with Gasteiger partial charge < -0.3 is 57.6 Å². The van der Waals surface area contributed by atoms with Crippen LogP contribution in [0.2, 0.25) is 0 Å². The molecule has 7 atom stereocenters. The van der Waals surface area contributed by atoms with Gasteiger partial charge >= 0.3 is 0 Å². The molecule has 3 aromatic carbocycles. The molecule has 4 aromatic rings. The van der Waals surface area contributed by atoms with Crippen molar-refractivity contribution < 1.29 is 38.2 Å². The second-order valence-corrected chi connectivity index (χ2v) is 18.1.